The SMILES string of the molecule is O=C(COC(=O)c1cc[n+]([O-])cc1)NCC(F)(F)F. The lowest BCUT2D eigenvalue weighted by molar-refractivity contribution is -0.605. The zero-order chi connectivity index (χ0) is 14.5. The van der Waals surface area contributed by atoms with Crippen LogP contribution in [0.25, 0.3) is 0 Å². The number of esters is 1. The van der Waals surface area contributed by atoms with E-state index >= 15 is 0 Å². The zero-order valence-corrected chi connectivity index (χ0v) is 9.44. The van der Waals surface area contributed by atoms with Crippen LogP contribution in [0.5, 0.6) is 0 Å². The zero-order valence-electron chi connectivity index (χ0n) is 9.44. The standard InChI is InChI=1S/C10H9F3N2O4/c11-10(12,13)6-14-8(16)5-19-9(17)7-1-3-15(18)4-2-7/h1-4H,5-6H2,(H,14,16). The van der Waals surface area contributed by atoms with Gasteiger partial charge in [-0.05, 0) is 0 Å². The summed E-state index contributed by atoms with van der Waals surface area (Å²) >= 11 is 0. The number of amides is 1. The molecule has 0 unspecified atom stereocenters. The smallest absolute Gasteiger partial charge is 0.405 e. The summed E-state index contributed by atoms with van der Waals surface area (Å²) in [6.07, 6.45) is -2.44. The van der Waals surface area contributed by atoms with Crippen LogP contribution in [0.3, 0.4) is 0 Å². The topological polar surface area (TPSA) is 82.3 Å². The number of alkyl halides is 3. The minimum absolute atomic E-state index is 0.00993. The maximum atomic E-state index is 11.8. The van der Waals surface area contributed by atoms with Gasteiger partial charge in [0.15, 0.2) is 19.0 Å². The Morgan fingerprint density at radius 1 is 1.32 bits per heavy atom. The molecule has 1 aromatic heterocycles. The predicted molar refractivity (Wildman–Crippen MR) is 54.7 cm³/mol. The number of aromatic nitrogens is 1. The van der Waals surface area contributed by atoms with Crippen molar-refractivity contribution in [3.8, 4) is 0 Å². The van der Waals surface area contributed by atoms with E-state index in [1.54, 1.807) is 5.32 Å². The van der Waals surface area contributed by atoms with Crippen molar-refractivity contribution in [2.45, 2.75) is 6.18 Å². The van der Waals surface area contributed by atoms with Crippen LogP contribution in [0.4, 0.5) is 13.2 Å². The van der Waals surface area contributed by atoms with Crippen molar-refractivity contribution >= 4 is 11.9 Å². The molecule has 1 heterocycles. The second kappa shape index (κ2) is 6.03. The molecule has 0 saturated heterocycles. The average Bonchev–Trinajstić information content (AvgIpc) is 2.33. The van der Waals surface area contributed by atoms with Gasteiger partial charge in [-0.25, -0.2) is 4.79 Å². The Morgan fingerprint density at radius 2 is 1.89 bits per heavy atom. The lowest BCUT2D eigenvalue weighted by Gasteiger charge is -2.08. The van der Waals surface area contributed by atoms with Gasteiger partial charge in [0.1, 0.15) is 6.54 Å². The first-order valence-corrected chi connectivity index (χ1v) is 4.97. The summed E-state index contributed by atoms with van der Waals surface area (Å²) in [7, 11) is 0. The van der Waals surface area contributed by atoms with Crippen molar-refractivity contribution in [3.63, 3.8) is 0 Å². The van der Waals surface area contributed by atoms with E-state index in [4.69, 9.17) is 0 Å². The molecule has 0 spiro atoms. The third-order valence-corrected chi connectivity index (χ3v) is 1.86. The van der Waals surface area contributed by atoms with Gasteiger partial charge in [0.2, 0.25) is 0 Å². The fourth-order valence-electron chi connectivity index (χ4n) is 1.01. The first kappa shape index (κ1) is 14.7. The molecule has 1 amide bonds. The first-order chi connectivity index (χ1) is 8.78. The van der Waals surface area contributed by atoms with Gasteiger partial charge < -0.3 is 15.3 Å². The number of rotatable bonds is 4. The fraction of sp³-hybridized carbons (Fsp3) is 0.300. The third-order valence-electron chi connectivity index (χ3n) is 1.86. The van der Waals surface area contributed by atoms with E-state index in [2.05, 4.69) is 4.74 Å². The number of carbonyl (C=O) groups excluding carboxylic acids is 2. The highest BCUT2D eigenvalue weighted by Gasteiger charge is 2.27. The summed E-state index contributed by atoms with van der Waals surface area (Å²) in [5.41, 5.74) is 0.00993. The van der Waals surface area contributed by atoms with Gasteiger partial charge in [-0.2, -0.15) is 17.9 Å². The van der Waals surface area contributed by atoms with Crippen molar-refractivity contribution in [3.05, 3.63) is 35.3 Å². The van der Waals surface area contributed by atoms with Crippen LogP contribution < -0.4 is 10.0 Å². The summed E-state index contributed by atoms with van der Waals surface area (Å²) in [5, 5.41) is 12.2. The summed E-state index contributed by atoms with van der Waals surface area (Å²) in [6.45, 7) is -2.33. The highest BCUT2D eigenvalue weighted by atomic mass is 19.4. The van der Waals surface area contributed by atoms with Crippen LogP contribution in [0.15, 0.2) is 24.5 Å². The van der Waals surface area contributed by atoms with Crippen LogP contribution >= 0.6 is 0 Å². The molecule has 1 aromatic rings. The minimum Gasteiger partial charge on any atom is -0.619 e. The lowest BCUT2D eigenvalue weighted by Crippen LogP contribution is -2.36. The number of ether oxygens (including phenoxy) is 1. The van der Waals surface area contributed by atoms with Crippen molar-refractivity contribution in [1.29, 1.82) is 0 Å². The molecule has 1 N–H and O–H groups in total. The number of halogens is 3. The molecule has 0 aromatic carbocycles. The Kier molecular flexibility index (Phi) is 4.67. The van der Waals surface area contributed by atoms with Crippen LogP contribution in [-0.2, 0) is 9.53 Å². The van der Waals surface area contributed by atoms with Gasteiger partial charge in [-0.3, -0.25) is 4.79 Å². The molecule has 9 heteroatoms. The van der Waals surface area contributed by atoms with Gasteiger partial charge in [-0.1, -0.05) is 0 Å². The number of nitrogens with zero attached hydrogens (tertiary/aromatic N) is 1. The van der Waals surface area contributed by atoms with Gasteiger partial charge in [0.25, 0.3) is 5.91 Å². The van der Waals surface area contributed by atoms with Crippen LogP contribution in [0.1, 0.15) is 10.4 Å². The molecular formula is C10H9F3N2O4. The van der Waals surface area contributed by atoms with Gasteiger partial charge >= 0.3 is 12.1 Å². The largest absolute Gasteiger partial charge is 0.619 e. The molecule has 0 bridgehead atoms. The Labute approximate surface area is 105 Å². The Hall–Kier alpha value is -2.32. The third kappa shape index (κ3) is 5.70. The lowest BCUT2D eigenvalue weighted by atomic mass is 10.3. The minimum atomic E-state index is -4.53. The second-order valence-electron chi connectivity index (χ2n) is 3.41. The monoisotopic (exact) mass is 278 g/mol. The number of hydrogen-bond donors (Lipinski definition) is 1. The molecule has 104 valence electrons. The van der Waals surface area contributed by atoms with Gasteiger partial charge in [0.05, 0.1) is 5.56 Å². The van der Waals surface area contributed by atoms with Gasteiger partial charge in [0, 0.05) is 12.1 Å². The summed E-state index contributed by atoms with van der Waals surface area (Å²) in [5.74, 6) is -1.98. The molecule has 0 saturated carbocycles. The fourth-order valence-corrected chi connectivity index (χ4v) is 1.01. The highest BCUT2D eigenvalue weighted by Crippen LogP contribution is 2.11. The number of nitrogens with one attached hydrogen (secondary N) is 1. The van der Waals surface area contributed by atoms with E-state index < -0.39 is 31.2 Å². The number of pyridine rings is 1. The number of carbonyl (C=O) groups is 2. The van der Waals surface area contributed by atoms with Crippen molar-refractivity contribution in [2.24, 2.45) is 0 Å². The molecule has 0 aliphatic rings. The molecule has 0 fully saturated rings. The van der Waals surface area contributed by atoms with E-state index in [1.807, 2.05) is 0 Å². The molecule has 0 aliphatic carbocycles. The van der Waals surface area contributed by atoms with E-state index in [1.165, 1.54) is 0 Å². The highest BCUT2D eigenvalue weighted by molar-refractivity contribution is 5.91. The van der Waals surface area contributed by atoms with Crippen LogP contribution in [0, 0.1) is 5.21 Å². The van der Waals surface area contributed by atoms with E-state index in [0.717, 1.165) is 24.5 Å². The normalized spacial score (nSPS) is 10.9. The summed E-state index contributed by atoms with van der Waals surface area (Å²) in [6, 6.07) is 2.31. The molecule has 6 nitrogen and oxygen atoms in total. The first-order valence-electron chi connectivity index (χ1n) is 4.97. The van der Waals surface area contributed by atoms with Crippen molar-refractivity contribution < 1.29 is 32.2 Å². The van der Waals surface area contributed by atoms with Crippen molar-refractivity contribution in [2.75, 3.05) is 13.2 Å². The molecule has 0 radical (unpaired) electrons. The number of hydrogen-bond acceptors (Lipinski definition) is 4. The maximum Gasteiger partial charge on any atom is 0.405 e. The Bertz CT molecular complexity index is 459. The quantitative estimate of drug-likeness (QED) is 0.483. The van der Waals surface area contributed by atoms with Crippen molar-refractivity contribution in [1.82, 2.24) is 5.32 Å². The van der Waals surface area contributed by atoms with Crippen LogP contribution in [-0.4, -0.2) is 31.2 Å². The van der Waals surface area contributed by atoms with E-state index in [9.17, 15) is 28.0 Å². The average molecular weight is 278 g/mol. The van der Waals surface area contributed by atoms with Crippen LogP contribution in [0.2, 0.25) is 0 Å². The Morgan fingerprint density at radius 3 is 2.42 bits per heavy atom. The second-order valence-corrected chi connectivity index (χ2v) is 3.41. The van der Waals surface area contributed by atoms with E-state index in [0.29, 0.717) is 4.73 Å². The Balaban J connectivity index is 2.38. The van der Waals surface area contributed by atoms with E-state index in [-0.39, 0.29) is 5.56 Å². The maximum absolute atomic E-state index is 11.8. The molecule has 0 atom stereocenters. The van der Waals surface area contributed by atoms with Gasteiger partial charge in [-0.15, -0.1) is 0 Å². The molecule has 1 rings (SSSR count). The molecule has 19 heavy (non-hydrogen) atoms. The molecular weight excluding hydrogens is 269 g/mol. The molecule has 0 aliphatic heterocycles. The summed E-state index contributed by atoms with van der Waals surface area (Å²) in [4.78, 5) is 22.3. The summed E-state index contributed by atoms with van der Waals surface area (Å²) < 4.78 is 40.2. The predicted octanol–water partition coefficient (Wildman–Crippen LogP) is 0.155.